The van der Waals surface area contributed by atoms with Crippen LogP contribution >= 0.6 is 0 Å². The van der Waals surface area contributed by atoms with Crippen LogP contribution in [0.4, 0.5) is 0 Å². The summed E-state index contributed by atoms with van der Waals surface area (Å²) >= 11 is 0. The molecule has 5 nitrogen and oxygen atoms in total. The van der Waals surface area contributed by atoms with Gasteiger partial charge in [-0.15, -0.1) is 0 Å². The van der Waals surface area contributed by atoms with E-state index in [4.69, 9.17) is 5.11 Å². The number of imide groups is 1. The smallest absolute Gasteiger partial charge is 0.308 e. The van der Waals surface area contributed by atoms with E-state index in [0.29, 0.717) is 0 Å². The van der Waals surface area contributed by atoms with Gasteiger partial charge in [0.05, 0.1) is 11.3 Å². The third kappa shape index (κ3) is 2.13. The Morgan fingerprint density at radius 3 is 2.11 bits per heavy atom. The number of carboxylic acids is 1. The maximum atomic E-state index is 12.4. The van der Waals surface area contributed by atoms with Gasteiger partial charge in [0.15, 0.2) is 0 Å². The van der Waals surface area contributed by atoms with E-state index >= 15 is 0 Å². The minimum absolute atomic E-state index is 0.0475. The molecular weight excluding hydrogens is 234 g/mol. The van der Waals surface area contributed by atoms with Gasteiger partial charge in [0.2, 0.25) is 11.8 Å². The van der Waals surface area contributed by atoms with Gasteiger partial charge in [-0.3, -0.25) is 19.3 Å². The summed E-state index contributed by atoms with van der Waals surface area (Å²) in [4.78, 5) is 36.4. The number of amides is 2. The minimum atomic E-state index is -0.999. The van der Waals surface area contributed by atoms with Gasteiger partial charge in [-0.2, -0.15) is 0 Å². The molecule has 0 aromatic carbocycles. The first-order chi connectivity index (χ1) is 8.12. The Hall–Kier alpha value is -1.39. The van der Waals surface area contributed by atoms with E-state index in [2.05, 4.69) is 0 Å². The highest BCUT2D eigenvalue weighted by atomic mass is 16.4. The van der Waals surface area contributed by atoms with Crippen molar-refractivity contribution in [2.45, 2.75) is 47.1 Å². The van der Waals surface area contributed by atoms with Crippen LogP contribution in [0.15, 0.2) is 0 Å². The zero-order valence-electron chi connectivity index (χ0n) is 11.6. The quantitative estimate of drug-likeness (QED) is 0.773. The van der Waals surface area contributed by atoms with Crippen molar-refractivity contribution in [1.82, 2.24) is 4.90 Å². The number of carbonyl (C=O) groups is 3. The Morgan fingerprint density at radius 2 is 1.78 bits per heavy atom. The average molecular weight is 255 g/mol. The van der Waals surface area contributed by atoms with Gasteiger partial charge < -0.3 is 5.11 Å². The molecule has 0 aromatic rings. The Labute approximate surface area is 107 Å². The molecule has 0 aliphatic carbocycles. The topological polar surface area (TPSA) is 74.7 Å². The predicted octanol–water partition coefficient (Wildman–Crippen LogP) is 1.52. The van der Waals surface area contributed by atoms with Crippen molar-refractivity contribution in [2.24, 2.45) is 17.3 Å². The number of carbonyl (C=O) groups excluding carboxylic acids is 2. The fourth-order valence-electron chi connectivity index (χ4n) is 2.16. The Bertz CT molecular complexity index is 390. The van der Waals surface area contributed by atoms with Gasteiger partial charge >= 0.3 is 5.97 Å². The van der Waals surface area contributed by atoms with E-state index in [9.17, 15) is 14.4 Å². The summed E-state index contributed by atoms with van der Waals surface area (Å²) in [5.41, 5.74) is -0.705. The first-order valence-electron chi connectivity index (χ1n) is 6.22. The molecule has 0 spiro atoms. The van der Waals surface area contributed by atoms with E-state index in [-0.39, 0.29) is 24.2 Å². The molecule has 3 unspecified atom stereocenters. The molecule has 18 heavy (non-hydrogen) atoms. The Morgan fingerprint density at radius 1 is 1.28 bits per heavy atom. The highest BCUT2D eigenvalue weighted by Crippen LogP contribution is 2.40. The van der Waals surface area contributed by atoms with Gasteiger partial charge in [-0.05, 0) is 26.7 Å². The molecule has 2 amide bonds. The Kier molecular flexibility index (Phi) is 3.84. The van der Waals surface area contributed by atoms with Crippen LogP contribution in [0.25, 0.3) is 0 Å². The van der Waals surface area contributed by atoms with Crippen LogP contribution < -0.4 is 0 Å². The minimum Gasteiger partial charge on any atom is -0.481 e. The van der Waals surface area contributed by atoms with Crippen molar-refractivity contribution in [2.75, 3.05) is 0 Å². The SMILES string of the molecule is CC(C(=O)O)C(C)N1C(=O)CC(C)(C(C)C)C1=O. The third-order valence-electron chi connectivity index (χ3n) is 4.29. The number of hydrogen-bond donors (Lipinski definition) is 1. The largest absolute Gasteiger partial charge is 0.481 e. The average Bonchev–Trinajstić information content (AvgIpc) is 2.49. The van der Waals surface area contributed by atoms with Gasteiger partial charge in [0.1, 0.15) is 0 Å². The summed E-state index contributed by atoms with van der Waals surface area (Å²) < 4.78 is 0. The van der Waals surface area contributed by atoms with Crippen LogP contribution in [0.2, 0.25) is 0 Å². The number of hydrogen-bond acceptors (Lipinski definition) is 3. The van der Waals surface area contributed by atoms with Gasteiger partial charge in [0.25, 0.3) is 0 Å². The first kappa shape index (κ1) is 14.7. The van der Waals surface area contributed by atoms with E-state index in [1.54, 1.807) is 13.8 Å². The fraction of sp³-hybridized carbons (Fsp3) is 0.769. The van der Waals surface area contributed by atoms with E-state index in [0.717, 1.165) is 4.90 Å². The summed E-state index contributed by atoms with van der Waals surface area (Å²) in [6.07, 6.45) is 0.167. The molecule has 1 aliphatic heterocycles. The van der Waals surface area contributed by atoms with E-state index < -0.39 is 23.3 Å². The second-order valence-electron chi connectivity index (χ2n) is 5.69. The number of nitrogens with zero attached hydrogens (tertiary/aromatic N) is 1. The molecule has 1 rings (SSSR count). The van der Waals surface area contributed by atoms with Gasteiger partial charge in [-0.25, -0.2) is 0 Å². The summed E-state index contributed by atoms with van der Waals surface area (Å²) in [5, 5.41) is 8.98. The molecule has 0 bridgehead atoms. The molecule has 3 atom stereocenters. The van der Waals surface area contributed by atoms with E-state index in [1.807, 2.05) is 13.8 Å². The highest BCUT2D eigenvalue weighted by molar-refractivity contribution is 6.06. The molecule has 102 valence electrons. The number of aliphatic carboxylic acids is 1. The lowest BCUT2D eigenvalue weighted by Gasteiger charge is -2.30. The van der Waals surface area contributed by atoms with Crippen molar-refractivity contribution >= 4 is 17.8 Å². The van der Waals surface area contributed by atoms with Crippen molar-refractivity contribution in [3.63, 3.8) is 0 Å². The highest BCUT2D eigenvalue weighted by Gasteiger charge is 2.52. The predicted molar refractivity (Wildman–Crippen MR) is 65.7 cm³/mol. The lowest BCUT2D eigenvalue weighted by Crippen LogP contribution is -2.46. The van der Waals surface area contributed by atoms with Crippen LogP contribution in [0.5, 0.6) is 0 Å². The summed E-state index contributed by atoms with van der Waals surface area (Å²) in [6.45, 7) is 8.70. The lowest BCUT2D eigenvalue weighted by atomic mass is 9.77. The Balaban J connectivity index is 3.02. The summed E-state index contributed by atoms with van der Waals surface area (Å²) in [5.74, 6) is -2.22. The fourth-order valence-corrected chi connectivity index (χ4v) is 2.16. The van der Waals surface area contributed by atoms with Crippen LogP contribution in [0, 0.1) is 17.3 Å². The van der Waals surface area contributed by atoms with E-state index in [1.165, 1.54) is 6.92 Å². The molecular formula is C13H21NO4. The second-order valence-corrected chi connectivity index (χ2v) is 5.69. The second kappa shape index (κ2) is 4.71. The van der Waals surface area contributed by atoms with Crippen LogP contribution in [0.3, 0.4) is 0 Å². The lowest BCUT2D eigenvalue weighted by molar-refractivity contribution is -0.150. The van der Waals surface area contributed by atoms with Gasteiger partial charge in [0, 0.05) is 12.5 Å². The molecule has 0 aromatic heterocycles. The summed E-state index contributed by atoms with van der Waals surface area (Å²) in [7, 11) is 0. The molecule has 5 heteroatoms. The molecule has 0 saturated carbocycles. The first-order valence-corrected chi connectivity index (χ1v) is 6.22. The van der Waals surface area contributed by atoms with Crippen molar-refractivity contribution < 1.29 is 19.5 Å². The number of rotatable bonds is 4. The molecule has 0 radical (unpaired) electrons. The molecule has 1 aliphatic rings. The molecule has 1 fully saturated rings. The molecule has 1 saturated heterocycles. The maximum Gasteiger partial charge on any atom is 0.308 e. The normalized spacial score (nSPS) is 27.8. The standard InChI is InChI=1S/C13H21NO4/c1-7(2)13(5)6-10(15)14(12(13)18)9(4)8(3)11(16)17/h7-9H,6H2,1-5H3,(H,16,17). The number of likely N-dealkylation sites (tertiary alicyclic amines) is 1. The monoisotopic (exact) mass is 255 g/mol. The zero-order chi connectivity index (χ0) is 14.2. The third-order valence-corrected chi connectivity index (χ3v) is 4.29. The van der Waals surface area contributed by atoms with Crippen LogP contribution in [-0.4, -0.2) is 33.8 Å². The van der Waals surface area contributed by atoms with Crippen molar-refractivity contribution in [1.29, 1.82) is 0 Å². The number of carboxylic acid groups (broad SMARTS) is 1. The molecule has 1 heterocycles. The van der Waals surface area contributed by atoms with Crippen molar-refractivity contribution in [3.8, 4) is 0 Å². The van der Waals surface area contributed by atoms with Crippen LogP contribution in [0.1, 0.15) is 41.0 Å². The molecule has 1 N–H and O–H groups in total. The van der Waals surface area contributed by atoms with Crippen molar-refractivity contribution in [3.05, 3.63) is 0 Å². The zero-order valence-corrected chi connectivity index (χ0v) is 11.6. The summed E-state index contributed by atoms with van der Waals surface area (Å²) in [6, 6.07) is -0.608. The van der Waals surface area contributed by atoms with Gasteiger partial charge in [-0.1, -0.05) is 13.8 Å². The maximum absolute atomic E-state index is 12.4. The van der Waals surface area contributed by atoms with Crippen LogP contribution in [-0.2, 0) is 14.4 Å².